The van der Waals surface area contributed by atoms with Crippen molar-refractivity contribution >= 4 is 35.5 Å². The number of ether oxygens (including phenoxy) is 17. The Kier molecular flexibility index (Phi) is 35.7. The third-order valence-corrected chi connectivity index (χ3v) is 21.7. The number of aliphatic carboxylic acids is 1. The molecular formula is C67H111N5O49. The van der Waals surface area contributed by atoms with E-state index in [0.717, 1.165) is 34.6 Å². The predicted molar refractivity (Wildman–Crippen MR) is 372 cm³/mol. The second kappa shape index (κ2) is 43.3. The van der Waals surface area contributed by atoms with Gasteiger partial charge in [0.1, 0.15) is 213 Å². The number of aliphatic hydroxyl groups is 25. The predicted octanol–water partition coefficient (Wildman–Crippen LogP) is -20.7. The minimum atomic E-state index is -3.28. The molecule has 121 heavy (non-hydrogen) atoms. The van der Waals surface area contributed by atoms with Crippen LogP contribution < -0.4 is 26.6 Å². The van der Waals surface area contributed by atoms with Crippen LogP contribution in [0.4, 0.5) is 0 Å². The van der Waals surface area contributed by atoms with Crippen molar-refractivity contribution in [2.24, 2.45) is 0 Å². The lowest BCUT2D eigenvalue weighted by Gasteiger charge is -2.51. The molecule has 0 unspecified atom stereocenters. The molecule has 31 N–H and O–H groups in total. The maximum Gasteiger partial charge on any atom is 0.364 e. The van der Waals surface area contributed by atoms with Crippen molar-refractivity contribution in [3.8, 4) is 0 Å². The van der Waals surface area contributed by atoms with Gasteiger partial charge in [-0.15, -0.1) is 0 Å². The summed E-state index contributed by atoms with van der Waals surface area (Å²) < 4.78 is 99.9. The van der Waals surface area contributed by atoms with Crippen LogP contribution in [0.25, 0.3) is 0 Å². The third kappa shape index (κ3) is 22.5. The summed E-state index contributed by atoms with van der Waals surface area (Å²) in [5, 5.41) is 300. The van der Waals surface area contributed by atoms with Crippen LogP contribution in [0.1, 0.15) is 41.0 Å². The Morgan fingerprint density at radius 3 is 1.08 bits per heavy atom. The summed E-state index contributed by atoms with van der Waals surface area (Å²) in [5.74, 6) is -9.89. The molecule has 0 aromatic rings. The first-order valence-corrected chi connectivity index (χ1v) is 38.2. The van der Waals surface area contributed by atoms with Crippen LogP contribution in [0.2, 0.25) is 0 Å². The second-order valence-electron chi connectivity index (χ2n) is 30.4. The number of carbonyl (C=O) groups excluding carboxylic acids is 5. The molecule has 9 saturated heterocycles. The maximum atomic E-state index is 13.2. The molecule has 0 saturated carbocycles. The monoisotopic (exact) mass is 1770 g/mol. The van der Waals surface area contributed by atoms with Crippen LogP contribution in [-0.4, -0.2) is 509 Å². The highest BCUT2D eigenvalue weighted by atomic mass is 16.8. The van der Waals surface area contributed by atoms with Crippen LogP contribution in [0.3, 0.4) is 0 Å². The van der Waals surface area contributed by atoms with Crippen molar-refractivity contribution in [3.63, 3.8) is 0 Å². The van der Waals surface area contributed by atoms with Gasteiger partial charge in [-0.2, -0.15) is 0 Å². The zero-order chi connectivity index (χ0) is 89.6. The smallest absolute Gasteiger partial charge is 0.364 e. The fourth-order valence-electron chi connectivity index (χ4n) is 15.5. The molecule has 0 aliphatic carbocycles. The van der Waals surface area contributed by atoms with Crippen LogP contribution in [0.5, 0.6) is 0 Å². The Bertz CT molecular complexity index is 3340. The molecule has 9 heterocycles. The highest BCUT2D eigenvalue weighted by molar-refractivity contribution is 5.77. The summed E-state index contributed by atoms with van der Waals surface area (Å²) in [4.78, 5) is 76.2. The van der Waals surface area contributed by atoms with Crippen LogP contribution in [0.15, 0.2) is 0 Å². The van der Waals surface area contributed by atoms with Crippen LogP contribution >= 0.6 is 0 Å². The zero-order valence-electron chi connectivity index (χ0n) is 65.1. The van der Waals surface area contributed by atoms with Gasteiger partial charge in [-0.1, -0.05) is 0 Å². The molecule has 0 aromatic carbocycles. The summed E-state index contributed by atoms with van der Waals surface area (Å²) in [6.45, 7) is -5.30. The first-order valence-electron chi connectivity index (χ1n) is 38.2. The molecule has 5 amide bonds. The van der Waals surface area contributed by atoms with Gasteiger partial charge in [0, 0.05) is 41.0 Å². The van der Waals surface area contributed by atoms with Gasteiger partial charge in [0.15, 0.2) is 50.3 Å². The molecule has 698 valence electrons. The largest absolute Gasteiger partial charge is 0.477 e. The molecule has 9 aliphatic heterocycles. The summed E-state index contributed by atoms with van der Waals surface area (Å²) in [5.41, 5.74) is 0. The van der Waals surface area contributed by atoms with E-state index in [2.05, 4.69) is 26.6 Å². The molecule has 9 fully saturated rings. The van der Waals surface area contributed by atoms with Crippen LogP contribution in [-0.2, 0) is 109 Å². The van der Waals surface area contributed by atoms with Gasteiger partial charge in [-0.3, -0.25) is 24.0 Å². The molecule has 0 aromatic heterocycles. The lowest BCUT2D eigenvalue weighted by atomic mass is 9.88. The molecule has 46 atom stereocenters. The lowest BCUT2D eigenvalue weighted by molar-refractivity contribution is -0.386. The fourth-order valence-corrected chi connectivity index (χ4v) is 15.5. The van der Waals surface area contributed by atoms with E-state index in [0.29, 0.717) is 0 Å². The Morgan fingerprint density at radius 1 is 0.339 bits per heavy atom. The highest BCUT2D eigenvalue weighted by Gasteiger charge is 2.63. The van der Waals surface area contributed by atoms with E-state index in [4.69, 9.17) is 80.5 Å². The molecule has 54 nitrogen and oxygen atoms in total. The molecule has 9 rings (SSSR count). The molecule has 54 heteroatoms. The number of nitrogens with one attached hydrogen (secondary N) is 5. The van der Waals surface area contributed by atoms with E-state index >= 15 is 0 Å². The number of hydrogen-bond donors (Lipinski definition) is 31. The Hall–Kier alpha value is -4.86. The molecule has 0 spiro atoms. The summed E-state index contributed by atoms with van der Waals surface area (Å²) in [7, 11) is 0. The number of hydrogen-bond acceptors (Lipinski definition) is 48. The SMILES string of the molecule is CC(=O)N[C@@H]1[C@@H](O)[C@H](O[C@@H]2O[C@H](CO)[C@@H](O[C@@H]3O[C@H](CO[C@H]4O[C@H](CO[C@@H]5O[C@H](CO)[C@@H](O[C@@H]6O[C@H](CO)[C@H](O)[C@H](O[C@]7(C(=O)O)C[C@H](O)[C@@H](NC(C)=O)[C@H]([C@H](O)[C@H](O)CO)O7)[C@H]6O)[C@H](O)[C@H]5NC(C)=O)[C@@H](O)[C@H](O)[C@@H]4O[C@@H]4O[C@H](CO)[C@@H](O[C@@H]5O[C@H](CO)[C@H](O)[C@H](O)[C@H]5O)[C@H](O)[C@H]4NC(C)=O)[C@@H](O)[C@H](O)[C@@H]3O)[C@H](O)[C@H]2NC(C)=O)[C@@H](CO)O[C@H]1O. The van der Waals surface area contributed by atoms with Crippen molar-refractivity contribution in [1.82, 2.24) is 26.6 Å². The van der Waals surface area contributed by atoms with Crippen molar-refractivity contribution in [1.29, 1.82) is 0 Å². The van der Waals surface area contributed by atoms with Gasteiger partial charge in [-0.05, 0) is 0 Å². The Morgan fingerprint density at radius 2 is 0.661 bits per heavy atom. The van der Waals surface area contributed by atoms with Gasteiger partial charge >= 0.3 is 5.97 Å². The average Bonchev–Trinajstić information content (AvgIpc) is 0.756. The summed E-state index contributed by atoms with van der Waals surface area (Å²) >= 11 is 0. The maximum absolute atomic E-state index is 13.2. The molecular weight excluding hydrogens is 1660 g/mol. The van der Waals surface area contributed by atoms with Crippen molar-refractivity contribution in [2.45, 2.75) is 323 Å². The van der Waals surface area contributed by atoms with Gasteiger partial charge < -0.3 is 240 Å². The lowest BCUT2D eigenvalue weighted by Crippen LogP contribution is -2.71. The first-order chi connectivity index (χ1) is 57.0. The van der Waals surface area contributed by atoms with Gasteiger partial charge in [-0.25, -0.2) is 4.79 Å². The number of carbonyl (C=O) groups is 6. The minimum Gasteiger partial charge on any atom is -0.477 e. The normalized spacial score (nSPS) is 46.6. The summed E-state index contributed by atoms with van der Waals surface area (Å²) in [6, 6.07) is -9.07. The number of amides is 5. The minimum absolute atomic E-state index is 0.766. The number of carboxylic acids is 1. The Labute approximate surface area is 684 Å². The van der Waals surface area contributed by atoms with Crippen molar-refractivity contribution in [2.75, 3.05) is 59.5 Å². The van der Waals surface area contributed by atoms with E-state index in [1.807, 2.05) is 0 Å². The van der Waals surface area contributed by atoms with E-state index in [1.54, 1.807) is 0 Å². The molecule has 9 aliphatic rings. The molecule has 0 radical (unpaired) electrons. The van der Waals surface area contributed by atoms with E-state index in [1.165, 1.54) is 0 Å². The fraction of sp³-hybridized carbons (Fsp3) is 0.910. The van der Waals surface area contributed by atoms with E-state index in [-0.39, 0.29) is 0 Å². The van der Waals surface area contributed by atoms with Gasteiger partial charge in [0.25, 0.3) is 5.79 Å². The van der Waals surface area contributed by atoms with Crippen molar-refractivity contribution < 1.29 is 242 Å². The first kappa shape index (κ1) is 99.9. The van der Waals surface area contributed by atoms with E-state index in [9.17, 15) is 162 Å². The van der Waals surface area contributed by atoms with Gasteiger partial charge in [0.05, 0.1) is 71.6 Å². The number of carboxylic acid groups (broad SMARTS) is 1. The van der Waals surface area contributed by atoms with Crippen molar-refractivity contribution in [3.05, 3.63) is 0 Å². The van der Waals surface area contributed by atoms with E-state index < -0.39 is 383 Å². The van der Waals surface area contributed by atoms with Gasteiger partial charge in [0.2, 0.25) is 29.5 Å². The third-order valence-electron chi connectivity index (χ3n) is 21.7. The molecule has 0 bridgehead atoms. The number of aliphatic hydroxyl groups excluding tert-OH is 25. The summed E-state index contributed by atoms with van der Waals surface area (Å²) in [6.07, 6.45) is -85.5. The van der Waals surface area contributed by atoms with Crippen LogP contribution in [0, 0.1) is 0 Å². The highest BCUT2D eigenvalue weighted by Crippen LogP contribution is 2.42. The average molecular weight is 1770 g/mol. The Balaban J connectivity index is 0.981. The number of rotatable bonds is 33. The zero-order valence-corrected chi connectivity index (χ0v) is 65.1. The topological polar surface area (TPSA) is 845 Å². The second-order valence-corrected chi connectivity index (χ2v) is 30.4. The standard InChI is InChI=1S/C67H111N5O49/c1-16(80)68-31-21(85)6-67(66(103)104,120-55(31)36(87)22(86)7-73)121-56-40(91)24(9-75)109-64(50(56)101)118-52-26(11-77)110-59(33(42(52)93)70-18(3)82)105-14-30-39(90)47(98)57(119-61-35(72-20(5)84)44(95)53(28(13-79)112-61)116-62-48(99)45(96)37(88)23(8-74)108-62)65(114-30)106-15-29-38(89)46(97)49(100)63(113-29)117-54-27(12-78)111-60(34(43(54)94)71-19(4)83)115-51-25(10-76)107-58(102)32(41(51)92)69-17(2)81/h21-65,73-79,85-102H,6-15H2,1-5H3,(H,68,80)(H,69,81)(H,70,82)(H,71,83)(H,72,84)(H,103,104)/t21-,22+,23+,24+,25+,26+,27+,28+,29+,30+,31+,32+,33+,34+,35+,36+,37-,38+,39+,40-,41+,42+,43+,44+,45-,46-,47-,48+,49-,50+,51+,52+,53+,54+,55+,56-,57-,58+,59+,60-,61-,62-,63-,64-,65-,67-/m0/s1. The quantitative estimate of drug-likeness (QED) is 0.0290.